The molecule has 0 bridgehead atoms. The SMILES string of the molecule is CC(NCc1cc(Cl)ccc1OCC(N)=O)C(O)c1ccccc1.Cl. The number of carbonyl (C=O) groups excluding carboxylic acids is 1. The lowest BCUT2D eigenvalue weighted by atomic mass is 10.0. The summed E-state index contributed by atoms with van der Waals surface area (Å²) in [6.07, 6.45) is -0.639. The molecule has 5 nitrogen and oxygen atoms in total. The molecule has 2 unspecified atom stereocenters. The molecule has 25 heavy (non-hydrogen) atoms. The highest BCUT2D eigenvalue weighted by Gasteiger charge is 2.16. The summed E-state index contributed by atoms with van der Waals surface area (Å²) < 4.78 is 5.40. The average Bonchev–Trinajstić information content (AvgIpc) is 2.58. The second-order valence-corrected chi connectivity index (χ2v) is 5.97. The average molecular weight is 385 g/mol. The van der Waals surface area contributed by atoms with E-state index in [-0.39, 0.29) is 25.1 Å². The molecule has 4 N–H and O–H groups in total. The van der Waals surface area contributed by atoms with Crippen LogP contribution < -0.4 is 15.8 Å². The standard InChI is InChI=1S/C18H21ClN2O3.ClH/c1-12(18(23)13-5-3-2-4-6-13)21-10-14-9-15(19)7-8-16(14)24-11-17(20)22;/h2-9,12,18,21,23H,10-11H2,1H3,(H2,20,22);1H. The molecule has 2 atom stereocenters. The Labute approximate surface area is 158 Å². The maximum Gasteiger partial charge on any atom is 0.255 e. The van der Waals surface area contributed by atoms with Gasteiger partial charge in [-0.3, -0.25) is 4.79 Å². The Morgan fingerprint density at radius 2 is 1.96 bits per heavy atom. The normalized spacial score (nSPS) is 12.8. The monoisotopic (exact) mass is 384 g/mol. The van der Waals surface area contributed by atoms with Gasteiger partial charge in [0.25, 0.3) is 5.91 Å². The van der Waals surface area contributed by atoms with Gasteiger partial charge in [0.05, 0.1) is 6.10 Å². The summed E-state index contributed by atoms with van der Waals surface area (Å²) in [7, 11) is 0. The van der Waals surface area contributed by atoms with Crippen LogP contribution in [0.15, 0.2) is 48.5 Å². The minimum atomic E-state index is -0.639. The van der Waals surface area contributed by atoms with Crippen LogP contribution in [0.25, 0.3) is 0 Å². The largest absolute Gasteiger partial charge is 0.483 e. The van der Waals surface area contributed by atoms with Crippen LogP contribution in [0.4, 0.5) is 0 Å². The Hall–Kier alpha value is -1.79. The van der Waals surface area contributed by atoms with Crippen molar-refractivity contribution in [2.45, 2.75) is 25.6 Å². The van der Waals surface area contributed by atoms with E-state index in [2.05, 4.69) is 5.32 Å². The maximum atomic E-state index is 10.9. The molecular formula is C18H22Cl2N2O3. The van der Waals surface area contributed by atoms with Crippen LogP contribution >= 0.6 is 24.0 Å². The predicted octanol–water partition coefficient (Wildman–Crippen LogP) is 2.84. The van der Waals surface area contributed by atoms with Crippen LogP contribution in [0, 0.1) is 0 Å². The van der Waals surface area contributed by atoms with Crippen LogP contribution in [0.5, 0.6) is 5.75 Å². The molecule has 2 aromatic carbocycles. The molecule has 0 heterocycles. The molecule has 0 aromatic heterocycles. The first-order chi connectivity index (χ1) is 11.5. The number of amides is 1. The topological polar surface area (TPSA) is 84.6 Å². The molecule has 0 spiro atoms. The van der Waals surface area contributed by atoms with Crippen molar-refractivity contribution in [2.24, 2.45) is 5.73 Å². The fourth-order valence-corrected chi connectivity index (χ4v) is 2.49. The Kier molecular flexibility index (Phi) is 8.72. The third kappa shape index (κ3) is 6.55. The van der Waals surface area contributed by atoms with Crippen molar-refractivity contribution in [3.05, 3.63) is 64.7 Å². The van der Waals surface area contributed by atoms with Crippen molar-refractivity contribution >= 4 is 29.9 Å². The lowest BCUT2D eigenvalue weighted by Gasteiger charge is -2.21. The fraction of sp³-hybridized carbons (Fsp3) is 0.278. The zero-order chi connectivity index (χ0) is 17.5. The number of nitrogens with two attached hydrogens (primary N) is 1. The van der Waals surface area contributed by atoms with E-state index in [0.29, 0.717) is 17.3 Å². The minimum absolute atomic E-state index is 0. The number of aliphatic hydroxyl groups excluding tert-OH is 1. The zero-order valence-corrected chi connectivity index (χ0v) is 15.4. The highest BCUT2D eigenvalue weighted by atomic mass is 35.5. The molecule has 0 saturated carbocycles. The van der Waals surface area contributed by atoms with Crippen LogP contribution in [0.2, 0.25) is 5.02 Å². The lowest BCUT2D eigenvalue weighted by Crippen LogP contribution is -2.32. The highest BCUT2D eigenvalue weighted by Crippen LogP contribution is 2.24. The van der Waals surface area contributed by atoms with Crippen LogP contribution in [0.1, 0.15) is 24.2 Å². The van der Waals surface area contributed by atoms with E-state index in [0.717, 1.165) is 11.1 Å². The summed E-state index contributed by atoms with van der Waals surface area (Å²) >= 11 is 6.03. The second-order valence-electron chi connectivity index (χ2n) is 5.53. The summed E-state index contributed by atoms with van der Waals surface area (Å²) in [5.74, 6) is -0.0103. The first-order valence-corrected chi connectivity index (χ1v) is 8.01. The number of hydrogen-bond acceptors (Lipinski definition) is 4. The second kappa shape index (κ2) is 10.3. The highest BCUT2D eigenvalue weighted by molar-refractivity contribution is 6.30. The Morgan fingerprint density at radius 1 is 1.28 bits per heavy atom. The third-order valence-corrected chi connectivity index (χ3v) is 3.86. The number of benzene rings is 2. The Bertz CT molecular complexity index is 683. The molecule has 0 fully saturated rings. The quantitative estimate of drug-likeness (QED) is 0.653. The molecular weight excluding hydrogens is 363 g/mol. The summed E-state index contributed by atoms with van der Waals surface area (Å²) in [4.78, 5) is 10.9. The Balaban J connectivity index is 0.00000312. The van der Waals surface area contributed by atoms with Crippen molar-refractivity contribution in [3.63, 3.8) is 0 Å². The van der Waals surface area contributed by atoms with Gasteiger partial charge in [-0.25, -0.2) is 0 Å². The number of rotatable bonds is 8. The molecule has 0 aliphatic rings. The van der Waals surface area contributed by atoms with E-state index in [4.69, 9.17) is 22.1 Å². The molecule has 2 rings (SSSR count). The summed E-state index contributed by atoms with van der Waals surface area (Å²) in [6, 6.07) is 14.4. The predicted molar refractivity (Wildman–Crippen MR) is 101 cm³/mol. The van der Waals surface area contributed by atoms with Gasteiger partial charge in [-0.1, -0.05) is 41.9 Å². The zero-order valence-electron chi connectivity index (χ0n) is 13.8. The van der Waals surface area contributed by atoms with Gasteiger partial charge in [0.1, 0.15) is 5.75 Å². The van der Waals surface area contributed by atoms with Gasteiger partial charge in [0, 0.05) is 23.2 Å². The molecule has 0 saturated heterocycles. The van der Waals surface area contributed by atoms with E-state index >= 15 is 0 Å². The van der Waals surface area contributed by atoms with Crippen molar-refractivity contribution in [3.8, 4) is 5.75 Å². The third-order valence-electron chi connectivity index (χ3n) is 3.62. The molecule has 0 radical (unpaired) electrons. The first-order valence-electron chi connectivity index (χ1n) is 7.63. The molecule has 0 aliphatic carbocycles. The summed E-state index contributed by atoms with van der Waals surface area (Å²) in [5, 5.41) is 14.2. The number of nitrogens with one attached hydrogen (secondary N) is 1. The van der Waals surface area contributed by atoms with Gasteiger partial charge in [-0.15, -0.1) is 12.4 Å². The van der Waals surface area contributed by atoms with Crippen molar-refractivity contribution in [1.29, 1.82) is 0 Å². The fourth-order valence-electron chi connectivity index (χ4n) is 2.30. The van der Waals surface area contributed by atoms with Gasteiger partial charge in [-0.2, -0.15) is 0 Å². The van der Waals surface area contributed by atoms with Crippen LogP contribution in [0.3, 0.4) is 0 Å². The van der Waals surface area contributed by atoms with E-state index in [9.17, 15) is 9.90 Å². The van der Waals surface area contributed by atoms with E-state index < -0.39 is 12.0 Å². The lowest BCUT2D eigenvalue weighted by molar-refractivity contribution is -0.119. The van der Waals surface area contributed by atoms with Crippen molar-refractivity contribution in [1.82, 2.24) is 5.32 Å². The van der Waals surface area contributed by atoms with Gasteiger partial charge in [0.2, 0.25) is 0 Å². The van der Waals surface area contributed by atoms with Gasteiger partial charge >= 0.3 is 0 Å². The molecule has 0 aliphatic heterocycles. The van der Waals surface area contributed by atoms with Crippen molar-refractivity contribution < 1.29 is 14.6 Å². The smallest absolute Gasteiger partial charge is 0.255 e. The maximum absolute atomic E-state index is 10.9. The molecule has 7 heteroatoms. The van der Waals surface area contributed by atoms with Gasteiger partial charge < -0.3 is 20.9 Å². The molecule has 1 amide bonds. The number of halogens is 2. The van der Waals surface area contributed by atoms with Gasteiger partial charge in [0.15, 0.2) is 6.61 Å². The molecule has 136 valence electrons. The number of carbonyl (C=O) groups is 1. The number of primary amides is 1. The van der Waals surface area contributed by atoms with E-state index in [1.54, 1.807) is 18.2 Å². The van der Waals surface area contributed by atoms with E-state index in [1.807, 2.05) is 37.3 Å². The molecule has 2 aromatic rings. The van der Waals surface area contributed by atoms with Crippen LogP contribution in [-0.2, 0) is 11.3 Å². The number of ether oxygens (including phenoxy) is 1. The van der Waals surface area contributed by atoms with E-state index in [1.165, 1.54) is 0 Å². The van der Waals surface area contributed by atoms with Crippen molar-refractivity contribution in [2.75, 3.05) is 6.61 Å². The number of aliphatic hydroxyl groups is 1. The minimum Gasteiger partial charge on any atom is -0.483 e. The summed E-state index contributed by atoms with van der Waals surface area (Å²) in [6.45, 7) is 2.13. The van der Waals surface area contributed by atoms with Crippen LogP contribution in [-0.4, -0.2) is 23.7 Å². The van der Waals surface area contributed by atoms with Gasteiger partial charge in [-0.05, 0) is 30.7 Å². The number of hydrogen-bond donors (Lipinski definition) is 3. The summed E-state index contributed by atoms with van der Waals surface area (Å²) in [5.41, 5.74) is 6.74. The Morgan fingerprint density at radius 3 is 2.60 bits per heavy atom. The first kappa shape index (κ1) is 21.3.